The van der Waals surface area contributed by atoms with Crippen LogP contribution in [0.5, 0.6) is 17.2 Å². The molecule has 0 radical (unpaired) electrons. The summed E-state index contributed by atoms with van der Waals surface area (Å²) in [4.78, 5) is 23.5. The summed E-state index contributed by atoms with van der Waals surface area (Å²) in [6, 6.07) is 30.7. The molecule has 0 fully saturated rings. The maximum Gasteiger partial charge on any atom is 0.514 e. The van der Waals surface area contributed by atoms with Crippen molar-refractivity contribution in [3.05, 3.63) is 131 Å². The average Bonchev–Trinajstić information content (AvgIpc) is 3.02. The molecule has 0 saturated carbocycles. The fraction of sp³-hybridized carbons (Fsp3) is 0.176. The quantitative estimate of drug-likeness (QED) is 0.127. The molecule has 0 bridgehead atoms. The summed E-state index contributed by atoms with van der Waals surface area (Å²) >= 11 is 0. The third-order valence-corrected chi connectivity index (χ3v) is 6.15. The third kappa shape index (κ3) is 10.2. The van der Waals surface area contributed by atoms with Gasteiger partial charge in [0.15, 0.2) is 0 Å². The van der Waals surface area contributed by atoms with Gasteiger partial charge in [-0.25, -0.2) is 4.79 Å². The van der Waals surface area contributed by atoms with Crippen molar-refractivity contribution in [3.63, 3.8) is 0 Å². The first-order chi connectivity index (χ1) is 21.3. The van der Waals surface area contributed by atoms with Crippen LogP contribution in [0.15, 0.2) is 109 Å². The van der Waals surface area contributed by atoms with E-state index in [1.165, 1.54) is 0 Å². The van der Waals surface area contributed by atoms with E-state index in [0.717, 1.165) is 11.1 Å². The van der Waals surface area contributed by atoms with Crippen molar-refractivity contribution in [2.24, 2.45) is 0 Å². The van der Waals surface area contributed by atoms with Gasteiger partial charge in [0.1, 0.15) is 37.1 Å². The van der Waals surface area contributed by atoms with Gasteiger partial charge in [-0.15, -0.1) is 0 Å². The fourth-order valence-corrected chi connectivity index (χ4v) is 4.04. The summed E-state index contributed by atoms with van der Waals surface area (Å²) in [6.07, 6.45) is -2.68. The molecule has 7 nitrogen and oxygen atoms in total. The minimum absolute atomic E-state index is 0.0304. The van der Waals surface area contributed by atoms with Crippen LogP contribution in [0.2, 0.25) is 0 Å². The summed E-state index contributed by atoms with van der Waals surface area (Å²) in [5.74, 6) is -0.891. The van der Waals surface area contributed by atoms with Gasteiger partial charge < -0.3 is 24.3 Å². The van der Waals surface area contributed by atoms with E-state index in [1.54, 1.807) is 54.6 Å². The maximum absolute atomic E-state index is 12.8. The van der Waals surface area contributed by atoms with Crippen molar-refractivity contribution in [1.29, 1.82) is 0 Å². The second kappa shape index (κ2) is 15.8. The Hall–Kier alpha value is -5.25. The van der Waals surface area contributed by atoms with Gasteiger partial charge in [-0.3, -0.25) is 4.79 Å². The Bertz CT molecular complexity index is 1530. The lowest BCUT2D eigenvalue weighted by atomic mass is 10.0. The van der Waals surface area contributed by atoms with Gasteiger partial charge in [-0.05, 0) is 47.4 Å². The molecule has 0 unspecified atom stereocenters. The lowest BCUT2D eigenvalue weighted by Crippen LogP contribution is -2.37. The molecule has 0 aliphatic rings. The van der Waals surface area contributed by atoms with Gasteiger partial charge in [0.2, 0.25) is 0 Å². The number of hydrogen-bond acceptors (Lipinski definition) is 6. The van der Waals surface area contributed by atoms with Crippen molar-refractivity contribution in [1.82, 2.24) is 5.32 Å². The number of amides is 1. The van der Waals surface area contributed by atoms with Crippen molar-refractivity contribution in [2.45, 2.75) is 25.8 Å². The van der Waals surface area contributed by atoms with Crippen molar-refractivity contribution in [3.8, 4) is 17.2 Å². The lowest BCUT2D eigenvalue weighted by Gasteiger charge is -2.17. The van der Waals surface area contributed by atoms with Gasteiger partial charge in [0, 0.05) is 18.2 Å². The molecule has 1 N–H and O–H groups in total. The Balaban J connectivity index is 1.57. The normalized spacial score (nSPS) is 11.2. The highest BCUT2D eigenvalue weighted by Crippen LogP contribution is 2.32. The number of para-hydroxylation sites is 1. The van der Waals surface area contributed by atoms with Gasteiger partial charge in [-0.1, -0.05) is 84.9 Å². The van der Waals surface area contributed by atoms with Crippen LogP contribution in [0.1, 0.15) is 22.3 Å². The van der Waals surface area contributed by atoms with Gasteiger partial charge in [0.25, 0.3) is 0 Å². The van der Waals surface area contributed by atoms with Crippen molar-refractivity contribution >= 4 is 18.1 Å². The molecular formula is C34H30F3NO6. The second-order valence-corrected chi connectivity index (χ2v) is 9.42. The van der Waals surface area contributed by atoms with Crippen LogP contribution >= 0.6 is 0 Å². The predicted molar refractivity (Wildman–Crippen MR) is 158 cm³/mol. The number of carbonyl (C=O) groups is 2. The highest BCUT2D eigenvalue weighted by Gasteiger charge is 2.38. The zero-order valence-corrected chi connectivity index (χ0v) is 23.6. The highest BCUT2D eigenvalue weighted by molar-refractivity contribution is 5.81. The molecule has 0 aliphatic heterocycles. The van der Waals surface area contributed by atoms with E-state index >= 15 is 0 Å². The van der Waals surface area contributed by atoms with Gasteiger partial charge in [0.05, 0.1) is 0 Å². The van der Waals surface area contributed by atoms with Crippen LogP contribution in [-0.2, 0) is 29.2 Å². The van der Waals surface area contributed by atoms with Crippen LogP contribution in [0, 0.1) is 0 Å². The topological polar surface area (TPSA) is 83.1 Å². The number of benzene rings is 4. The van der Waals surface area contributed by atoms with Crippen LogP contribution in [-0.4, -0.2) is 31.4 Å². The number of rotatable bonds is 13. The van der Waals surface area contributed by atoms with E-state index in [2.05, 4.69) is 0 Å². The van der Waals surface area contributed by atoms with E-state index in [0.29, 0.717) is 28.4 Å². The molecular weight excluding hydrogens is 575 g/mol. The molecule has 0 aromatic heterocycles. The summed E-state index contributed by atoms with van der Waals surface area (Å²) in [5, 5.41) is 1.90. The number of carbonyl (C=O) groups excluding carboxylic acids is 2. The molecule has 4 aromatic carbocycles. The first kappa shape index (κ1) is 31.7. The molecule has 4 rings (SSSR count). The van der Waals surface area contributed by atoms with E-state index in [4.69, 9.17) is 18.9 Å². The number of nitrogens with one attached hydrogen (secondary N) is 1. The van der Waals surface area contributed by atoms with Crippen LogP contribution in [0.4, 0.5) is 18.0 Å². The molecule has 0 heterocycles. The molecule has 44 heavy (non-hydrogen) atoms. The number of ether oxygens (including phenoxy) is 4. The standard InChI is InChI=1S/C34H30F3NO6/c35-34(36,37)32(39)38-19-18-27-21-29(42-23-25-11-4-1-5-12-25)22-31(43-24-26-13-6-2-7-14-26)30(27)17-10-20-41-33(40)44-28-15-8-3-9-16-28/h1-17,21-22H,18-20,23-24H2,(H,38,39)/b17-10-. The Morgan fingerprint density at radius 3 is 1.95 bits per heavy atom. The minimum atomic E-state index is -5.00. The SMILES string of the molecule is O=C(OC/C=C\c1c(CCNC(=O)C(F)(F)F)cc(OCc2ccccc2)cc1OCc1ccccc1)Oc1ccccc1. The molecule has 0 atom stereocenters. The molecule has 4 aromatic rings. The van der Waals surface area contributed by atoms with Crippen LogP contribution < -0.4 is 19.5 Å². The summed E-state index contributed by atoms with van der Waals surface area (Å²) in [7, 11) is 0. The summed E-state index contributed by atoms with van der Waals surface area (Å²) in [6.45, 7) is 0.00336. The molecule has 0 aliphatic carbocycles. The second-order valence-electron chi connectivity index (χ2n) is 9.42. The van der Waals surface area contributed by atoms with Gasteiger partial charge >= 0.3 is 18.2 Å². The molecule has 0 spiro atoms. The first-order valence-corrected chi connectivity index (χ1v) is 13.7. The zero-order valence-electron chi connectivity index (χ0n) is 23.6. The number of hydrogen-bond donors (Lipinski definition) is 1. The highest BCUT2D eigenvalue weighted by atomic mass is 19.4. The van der Waals surface area contributed by atoms with Crippen LogP contribution in [0.25, 0.3) is 6.08 Å². The van der Waals surface area contributed by atoms with E-state index in [1.807, 2.05) is 66.0 Å². The number of halogens is 3. The monoisotopic (exact) mass is 605 g/mol. The summed E-state index contributed by atoms with van der Waals surface area (Å²) in [5.41, 5.74) is 2.88. The smallest absolute Gasteiger partial charge is 0.489 e. The van der Waals surface area contributed by atoms with Crippen molar-refractivity contribution in [2.75, 3.05) is 13.2 Å². The Labute approximate surface area is 252 Å². The molecule has 1 amide bonds. The van der Waals surface area contributed by atoms with Crippen LogP contribution in [0.3, 0.4) is 0 Å². The minimum Gasteiger partial charge on any atom is -0.489 e. The predicted octanol–water partition coefficient (Wildman–Crippen LogP) is 7.29. The zero-order chi connectivity index (χ0) is 31.2. The molecule has 228 valence electrons. The average molecular weight is 606 g/mol. The largest absolute Gasteiger partial charge is 0.514 e. The molecule has 0 saturated heterocycles. The Morgan fingerprint density at radius 2 is 1.34 bits per heavy atom. The molecule has 10 heteroatoms. The van der Waals surface area contributed by atoms with E-state index in [9.17, 15) is 22.8 Å². The maximum atomic E-state index is 12.8. The fourth-order valence-electron chi connectivity index (χ4n) is 4.04. The summed E-state index contributed by atoms with van der Waals surface area (Å²) < 4.78 is 60.8. The number of alkyl halides is 3. The van der Waals surface area contributed by atoms with E-state index in [-0.39, 0.29) is 32.8 Å². The first-order valence-electron chi connectivity index (χ1n) is 13.7. The Morgan fingerprint density at radius 1 is 0.750 bits per heavy atom. The Kier molecular flexibility index (Phi) is 11.4. The van der Waals surface area contributed by atoms with Gasteiger partial charge in [-0.2, -0.15) is 13.2 Å². The van der Waals surface area contributed by atoms with E-state index < -0.39 is 18.2 Å². The third-order valence-electron chi connectivity index (χ3n) is 6.15. The lowest BCUT2D eigenvalue weighted by molar-refractivity contribution is -0.173. The van der Waals surface area contributed by atoms with Crippen molar-refractivity contribution < 1.29 is 41.7 Å².